The Morgan fingerprint density at radius 1 is 0.456 bits per heavy atom. The van der Waals surface area contributed by atoms with Crippen molar-refractivity contribution in [3.05, 3.63) is 168 Å². The van der Waals surface area contributed by atoms with Crippen LogP contribution in [0.2, 0.25) is 0 Å². The molecular formula is C49H42O8. The first-order valence-corrected chi connectivity index (χ1v) is 18.3. The maximum absolute atomic E-state index is 13.3. The normalized spacial score (nSPS) is 12.1. The molecule has 0 aromatic heterocycles. The second-order valence-corrected chi connectivity index (χ2v) is 13.6. The maximum Gasteiger partial charge on any atom is 0.338 e. The Kier molecular flexibility index (Phi) is 10.5. The Balaban J connectivity index is 1.74. The summed E-state index contributed by atoms with van der Waals surface area (Å²) in [4.78, 5) is 26.6. The highest BCUT2D eigenvalue weighted by atomic mass is 16.6. The zero-order valence-corrected chi connectivity index (χ0v) is 32.7. The van der Waals surface area contributed by atoms with E-state index in [2.05, 4.69) is 37.4 Å². The Morgan fingerprint density at radius 2 is 0.807 bits per heavy atom. The van der Waals surface area contributed by atoms with Crippen molar-refractivity contribution in [1.82, 2.24) is 0 Å². The fraction of sp³-hybridized carbons (Fsp3) is 0.143. The molecule has 7 rings (SSSR count). The fourth-order valence-electron chi connectivity index (χ4n) is 7.79. The minimum Gasteiger partial charge on any atom is -0.496 e. The number of carbonyl (C=O) groups is 2. The molecule has 0 bridgehead atoms. The van der Waals surface area contributed by atoms with E-state index in [0.717, 1.165) is 22.3 Å². The van der Waals surface area contributed by atoms with E-state index in [1.165, 1.54) is 14.2 Å². The van der Waals surface area contributed by atoms with Gasteiger partial charge in [0.1, 0.15) is 11.5 Å². The number of ether oxygens (including phenoxy) is 6. The lowest BCUT2D eigenvalue weighted by Gasteiger charge is -2.38. The Labute approximate surface area is 332 Å². The molecule has 0 amide bonds. The van der Waals surface area contributed by atoms with Crippen LogP contribution in [0.25, 0.3) is 33.4 Å². The quantitative estimate of drug-likeness (QED) is 0.0691. The third-order valence-electron chi connectivity index (χ3n) is 10.2. The van der Waals surface area contributed by atoms with Gasteiger partial charge in [0, 0.05) is 22.3 Å². The number of fused-ring (bicyclic) bond motifs is 3. The monoisotopic (exact) mass is 758 g/mol. The number of benzene rings is 6. The zero-order valence-electron chi connectivity index (χ0n) is 32.7. The molecule has 0 N–H and O–H groups in total. The molecule has 8 heteroatoms. The number of carbonyl (C=O) groups excluding carboxylic acids is 2. The molecule has 1 aliphatic rings. The third kappa shape index (κ3) is 6.29. The number of methoxy groups -OCH3 is 4. The van der Waals surface area contributed by atoms with E-state index in [9.17, 15) is 9.59 Å². The van der Waals surface area contributed by atoms with Gasteiger partial charge in [0.25, 0.3) is 0 Å². The van der Waals surface area contributed by atoms with Gasteiger partial charge in [0.15, 0.2) is 23.0 Å². The van der Waals surface area contributed by atoms with Crippen LogP contribution in [-0.2, 0) is 15.0 Å². The van der Waals surface area contributed by atoms with Gasteiger partial charge in [-0.15, -0.1) is 0 Å². The van der Waals surface area contributed by atoms with Gasteiger partial charge in [-0.2, -0.15) is 0 Å². The molecule has 0 fully saturated rings. The Hall–Kier alpha value is -7.06. The van der Waals surface area contributed by atoms with Crippen LogP contribution in [0.3, 0.4) is 0 Å². The van der Waals surface area contributed by atoms with Crippen molar-refractivity contribution in [1.29, 1.82) is 0 Å². The largest absolute Gasteiger partial charge is 0.496 e. The number of hydrogen-bond donors (Lipinski definition) is 0. The molecule has 6 aromatic carbocycles. The molecule has 286 valence electrons. The summed E-state index contributed by atoms with van der Waals surface area (Å²) < 4.78 is 37.6. The van der Waals surface area contributed by atoms with Gasteiger partial charge in [-0.05, 0) is 59.4 Å². The highest BCUT2D eigenvalue weighted by Gasteiger charge is 2.51. The molecule has 1 aliphatic carbocycles. The fourth-order valence-corrected chi connectivity index (χ4v) is 7.79. The molecule has 0 saturated heterocycles. The van der Waals surface area contributed by atoms with Gasteiger partial charge >= 0.3 is 11.9 Å². The van der Waals surface area contributed by atoms with Crippen molar-refractivity contribution in [2.45, 2.75) is 19.3 Å². The van der Waals surface area contributed by atoms with E-state index in [1.54, 1.807) is 28.1 Å². The summed E-state index contributed by atoms with van der Waals surface area (Å²) in [6.07, 6.45) is 0. The van der Waals surface area contributed by atoms with Crippen LogP contribution in [0.5, 0.6) is 34.5 Å². The first-order valence-electron chi connectivity index (χ1n) is 18.3. The van der Waals surface area contributed by atoms with Gasteiger partial charge in [-0.25, -0.2) is 9.59 Å². The van der Waals surface area contributed by atoms with Crippen LogP contribution in [0.1, 0.15) is 36.1 Å². The molecule has 57 heavy (non-hydrogen) atoms. The number of esters is 2. The van der Waals surface area contributed by atoms with Crippen molar-refractivity contribution in [3.8, 4) is 67.9 Å². The maximum atomic E-state index is 13.3. The summed E-state index contributed by atoms with van der Waals surface area (Å²) in [6.45, 7) is 10.8. The van der Waals surface area contributed by atoms with Crippen LogP contribution in [-0.4, -0.2) is 40.4 Å². The minimum absolute atomic E-state index is 0.170. The molecule has 0 unspecified atom stereocenters. The molecule has 0 spiro atoms. The van der Waals surface area contributed by atoms with E-state index < -0.39 is 17.4 Å². The summed E-state index contributed by atoms with van der Waals surface area (Å²) in [7, 11) is 6.25. The summed E-state index contributed by atoms with van der Waals surface area (Å²) in [5.74, 6) is 0.488. The predicted octanol–water partition coefficient (Wildman–Crippen LogP) is 10.4. The van der Waals surface area contributed by atoms with Crippen molar-refractivity contribution >= 4 is 11.9 Å². The van der Waals surface area contributed by atoms with Crippen LogP contribution >= 0.6 is 0 Å². The second-order valence-electron chi connectivity index (χ2n) is 13.6. The zero-order chi connectivity index (χ0) is 40.4. The minimum atomic E-state index is -1.23. The Morgan fingerprint density at radius 3 is 1.14 bits per heavy atom. The summed E-state index contributed by atoms with van der Waals surface area (Å²) in [5.41, 5.74) is 6.68. The first kappa shape index (κ1) is 38.2. The van der Waals surface area contributed by atoms with E-state index >= 15 is 0 Å². The smallest absolute Gasteiger partial charge is 0.338 e. The highest BCUT2D eigenvalue weighted by Crippen LogP contribution is 2.64. The summed E-state index contributed by atoms with van der Waals surface area (Å²) in [6, 6.07) is 39.2. The molecule has 0 saturated carbocycles. The highest BCUT2D eigenvalue weighted by molar-refractivity contribution is 5.97. The molecule has 0 radical (unpaired) electrons. The standard InChI is InChI=1S/C49H42O8/c1-29(2)47(50)56-45-39(52-5)27-37(43(54-7)41(45)31-19-11-9-12-20-31)49(35-25-17-15-23-33(35)34-24-16-18-26-36(34)49)38-28-40(53-6)46(57-48(51)30(3)4)42(44(38)55-8)32-21-13-10-14-22-32/h9-28H,1,3H2,2,4-8H3. The van der Waals surface area contributed by atoms with E-state index in [0.29, 0.717) is 44.9 Å². The van der Waals surface area contributed by atoms with Crippen LogP contribution in [0.4, 0.5) is 0 Å². The van der Waals surface area contributed by atoms with E-state index in [4.69, 9.17) is 28.4 Å². The lowest BCUT2D eigenvalue weighted by Crippen LogP contribution is -2.31. The van der Waals surface area contributed by atoms with E-state index in [1.807, 2.05) is 97.1 Å². The van der Waals surface area contributed by atoms with Gasteiger partial charge in [0.2, 0.25) is 0 Å². The van der Waals surface area contributed by atoms with Crippen LogP contribution in [0, 0.1) is 0 Å². The Bertz CT molecular complexity index is 2370. The topological polar surface area (TPSA) is 89.5 Å². The van der Waals surface area contributed by atoms with Crippen molar-refractivity contribution in [2.75, 3.05) is 28.4 Å². The van der Waals surface area contributed by atoms with Gasteiger partial charge in [-0.3, -0.25) is 0 Å². The van der Waals surface area contributed by atoms with Crippen LogP contribution in [0.15, 0.2) is 146 Å². The average molecular weight is 759 g/mol. The summed E-state index contributed by atoms with van der Waals surface area (Å²) in [5, 5.41) is 0. The molecular weight excluding hydrogens is 717 g/mol. The molecule has 0 atom stereocenters. The lowest BCUT2D eigenvalue weighted by molar-refractivity contribution is -0.131. The van der Waals surface area contributed by atoms with Crippen molar-refractivity contribution < 1.29 is 38.0 Å². The van der Waals surface area contributed by atoms with Gasteiger partial charge in [-0.1, -0.05) is 122 Å². The third-order valence-corrected chi connectivity index (χ3v) is 10.2. The second kappa shape index (κ2) is 15.6. The molecule has 8 nitrogen and oxygen atoms in total. The van der Waals surface area contributed by atoms with Crippen molar-refractivity contribution in [2.24, 2.45) is 0 Å². The molecule has 6 aromatic rings. The number of hydrogen-bond acceptors (Lipinski definition) is 8. The van der Waals surface area contributed by atoms with Crippen LogP contribution < -0.4 is 28.4 Å². The van der Waals surface area contributed by atoms with E-state index in [-0.39, 0.29) is 34.1 Å². The number of rotatable bonds is 12. The van der Waals surface area contributed by atoms with Gasteiger partial charge in [0.05, 0.1) is 45.0 Å². The average Bonchev–Trinajstić information content (AvgIpc) is 3.54. The first-order chi connectivity index (χ1) is 27.6. The van der Waals surface area contributed by atoms with Crippen molar-refractivity contribution in [3.63, 3.8) is 0 Å². The molecule has 0 aliphatic heterocycles. The summed E-state index contributed by atoms with van der Waals surface area (Å²) >= 11 is 0. The van der Waals surface area contributed by atoms with Gasteiger partial charge < -0.3 is 28.4 Å². The SMILES string of the molecule is C=C(C)C(=O)Oc1c(OC)cc(C2(c3cc(OC)c(OC(=O)C(=C)C)c(-c4ccccc4)c3OC)c3ccccc3-c3ccccc32)c(OC)c1-c1ccccc1. The molecule has 0 heterocycles. The predicted molar refractivity (Wildman–Crippen MR) is 222 cm³/mol. The lowest BCUT2D eigenvalue weighted by atomic mass is 9.65.